The Morgan fingerprint density at radius 3 is 2.67 bits per heavy atom. The number of anilines is 1. The Morgan fingerprint density at radius 2 is 1.93 bits per heavy atom. The fourth-order valence-electron chi connectivity index (χ4n) is 3.31. The molecule has 2 N–H and O–H groups in total. The summed E-state index contributed by atoms with van der Waals surface area (Å²) in [6, 6.07) is 7.95. The minimum atomic E-state index is -1.39. The van der Waals surface area contributed by atoms with Gasteiger partial charge in [0.2, 0.25) is 5.91 Å². The van der Waals surface area contributed by atoms with E-state index in [4.69, 9.17) is 21.1 Å². The fraction of sp³-hybridized carbons (Fsp3) is 0.250. The number of benzene rings is 2. The molecule has 2 aromatic rings. The molecule has 1 fully saturated rings. The lowest BCUT2D eigenvalue weighted by Gasteiger charge is -2.25. The zero-order valence-electron chi connectivity index (χ0n) is 15.8. The molecular weight excluding hydrogens is 417 g/mol. The number of ether oxygens (including phenoxy) is 2. The van der Waals surface area contributed by atoms with E-state index in [-0.39, 0.29) is 10.7 Å². The van der Waals surface area contributed by atoms with Crippen molar-refractivity contribution in [2.45, 2.75) is 12.5 Å². The number of halogens is 2. The number of fused-ring (bicyclic) bond motifs is 1. The molecular formula is C20H17ClFN3O5. The van der Waals surface area contributed by atoms with Gasteiger partial charge in [0.05, 0.1) is 5.69 Å². The predicted octanol–water partition coefficient (Wildman–Crippen LogP) is 2.66. The molecule has 8 nitrogen and oxygen atoms in total. The topological polar surface area (TPSA) is 97.0 Å². The van der Waals surface area contributed by atoms with Crippen molar-refractivity contribution in [3.8, 4) is 11.5 Å². The van der Waals surface area contributed by atoms with Crippen LogP contribution in [0.4, 0.5) is 14.9 Å². The number of hydrogen-bond acceptors (Lipinski definition) is 5. The Kier molecular flexibility index (Phi) is 4.98. The van der Waals surface area contributed by atoms with Gasteiger partial charge in [-0.05, 0) is 42.8 Å². The summed E-state index contributed by atoms with van der Waals surface area (Å²) in [4.78, 5) is 38.5. The van der Waals surface area contributed by atoms with Gasteiger partial charge in [0.15, 0.2) is 11.5 Å². The molecule has 0 saturated carbocycles. The number of nitrogens with zero attached hydrogens (tertiary/aromatic N) is 1. The van der Waals surface area contributed by atoms with Gasteiger partial charge in [-0.25, -0.2) is 9.18 Å². The first-order chi connectivity index (χ1) is 14.3. The molecule has 2 aliphatic rings. The normalized spacial score (nSPS) is 20.2. The third kappa shape index (κ3) is 3.52. The van der Waals surface area contributed by atoms with Crippen LogP contribution in [0.25, 0.3) is 0 Å². The standard InChI is InChI=1S/C20H17ClFN3O5/c1-20(11-2-5-15-16(8-11)30-7-6-29-15)18(27)25(19(28)24-20)10-17(26)23-14-4-3-12(21)9-13(14)22/h2-5,8-9H,6-7,10H2,1H3,(H,23,26)(H,24,28)/t20-/m0/s1. The van der Waals surface area contributed by atoms with Crippen LogP contribution in [0, 0.1) is 5.82 Å². The first-order valence-corrected chi connectivity index (χ1v) is 9.45. The van der Waals surface area contributed by atoms with E-state index < -0.39 is 35.7 Å². The fourth-order valence-corrected chi connectivity index (χ4v) is 3.47. The van der Waals surface area contributed by atoms with E-state index in [9.17, 15) is 18.8 Å². The third-order valence-electron chi connectivity index (χ3n) is 4.90. The van der Waals surface area contributed by atoms with E-state index >= 15 is 0 Å². The van der Waals surface area contributed by atoms with E-state index in [0.717, 1.165) is 11.0 Å². The van der Waals surface area contributed by atoms with E-state index in [1.54, 1.807) is 18.2 Å². The largest absolute Gasteiger partial charge is 0.486 e. The minimum absolute atomic E-state index is 0.106. The first kappa shape index (κ1) is 20.0. The summed E-state index contributed by atoms with van der Waals surface area (Å²) < 4.78 is 24.9. The minimum Gasteiger partial charge on any atom is -0.486 e. The summed E-state index contributed by atoms with van der Waals surface area (Å²) in [5.41, 5.74) is -1.01. The molecule has 0 aliphatic carbocycles. The van der Waals surface area contributed by atoms with Gasteiger partial charge in [0, 0.05) is 5.02 Å². The number of nitrogens with one attached hydrogen (secondary N) is 2. The number of rotatable bonds is 4. The van der Waals surface area contributed by atoms with Gasteiger partial charge in [0.1, 0.15) is 31.1 Å². The monoisotopic (exact) mass is 433 g/mol. The Morgan fingerprint density at radius 1 is 1.20 bits per heavy atom. The number of carbonyl (C=O) groups is 3. The van der Waals surface area contributed by atoms with Gasteiger partial charge in [-0.1, -0.05) is 17.7 Å². The van der Waals surface area contributed by atoms with Crippen molar-refractivity contribution in [1.29, 1.82) is 0 Å². The summed E-state index contributed by atoms with van der Waals surface area (Å²) in [7, 11) is 0. The van der Waals surface area contributed by atoms with Gasteiger partial charge in [-0.2, -0.15) is 0 Å². The van der Waals surface area contributed by atoms with E-state index in [0.29, 0.717) is 30.3 Å². The molecule has 0 radical (unpaired) electrons. The molecule has 156 valence electrons. The van der Waals surface area contributed by atoms with Crippen LogP contribution >= 0.6 is 11.6 Å². The predicted molar refractivity (Wildman–Crippen MR) is 105 cm³/mol. The molecule has 2 heterocycles. The van der Waals surface area contributed by atoms with Crippen molar-refractivity contribution in [3.05, 3.63) is 52.8 Å². The molecule has 30 heavy (non-hydrogen) atoms. The van der Waals surface area contributed by atoms with Crippen LogP contribution in [0.3, 0.4) is 0 Å². The summed E-state index contributed by atoms with van der Waals surface area (Å²) >= 11 is 5.69. The smallest absolute Gasteiger partial charge is 0.325 e. The van der Waals surface area contributed by atoms with Crippen molar-refractivity contribution in [1.82, 2.24) is 10.2 Å². The Balaban J connectivity index is 1.51. The van der Waals surface area contributed by atoms with Crippen LogP contribution in [0.15, 0.2) is 36.4 Å². The Hall–Kier alpha value is -3.33. The number of urea groups is 1. The molecule has 4 amide bonds. The number of carbonyl (C=O) groups excluding carboxylic acids is 3. The molecule has 4 rings (SSSR count). The molecule has 0 spiro atoms. The van der Waals surface area contributed by atoms with Gasteiger partial charge in [-0.3, -0.25) is 14.5 Å². The average Bonchev–Trinajstić information content (AvgIpc) is 2.94. The SMILES string of the molecule is C[C@@]1(c2ccc3c(c2)OCCO3)NC(=O)N(CC(=O)Nc2ccc(Cl)cc2F)C1=O. The summed E-state index contributed by atoms with van der Waals surface area (Å²) in [5.74, 6) is -1.06. The number of amides is 4. The highest BCUT2D eigenvalue weighted by atomic mass is 35.5. The number of imide groups is 1. The van der Waals surface area contributed by atoms with Gasteiger partial charge < -0.3 is 20.1 Å². The van der Waals surface area contributed by atoms with Crippen molar-refractivity contribution in [3.63, 3.8) is 0 Å². The van der Waals surface area contributed by atoms with Crippen LogP contribution in [0.1, 0.15) is 12.5 Å². The molecule has 0 aromatic heterocycles. The first-order valence-electron chi connectivity index (χ1n) is 9.07. The van der Waals surface area contributed by atoms with E-state index in [2.05, 4.69) is 10.6 Å². The second-order valence-electron chi connectivity index (χ2n) is 6.98. The second kappa shape index (κ2) is 7.49. The summed E-state index contributed by atoms with van der Waals surface area (Å²) in [5, 5.41) is 5.12. The molecule has 2 aromatic carbocycles. The zero-order chi connectivity index (χ0) is 21.5. The van der Waals surface area contributed by atoms with Crippen molar-refractivity contribution < 1.29 is 28.2 Å². The Bertz CT molecular complexity index is 1060. The van der Waals surface area contributed by atoms with Gasteiger partial charge >= 0.3 is 6.03 Å². The van der Waals surface area contributed by atoms with Crippen LogP contribution in [-0.2, 0) is 15.1 Å². The van der Waals surface area contributed by atoms with E-state index in [1.165, 1.54) is 19.1 Å². The Labute approximate surface area is 175 Å². The van der Waals surface area contributed by atoms with Gasteiger partial charge in [-0.15, -0.1) is 0 Å². The second-order valence-corrected chi connectivity index (χ2v) is 7.41. The lowest BCUT2D eigenvalue weighted by atomic mass is 9.91. The van der Waals surface area contributed by atoms with Crippen molar-refractivity contribution >= 4 is 35.1 Å². The third-order valence-corrected chi connectivity index (χ3v) is 5.14. The highest BCUT2D eigenvalue weighted by Gasteiger charge is 2.49. The lowest BCUT2D eigenvalue weighted by molar-refractivity contribution is -0.133. The maximum absolute atomic E-state index is 13.9. The molecule has 1 atom stereocenters. The van der Waals surface area contributed by atoms with Crippen LogP contribution in [0.5, 0.6) is 11.5 Å². The quantitative estimate of drug-likeness (QED) is 0.722. The summed E-state index contributed by atoms with van der Waals surface area (Å²) in [6.45, 7) is 1.76. The van der Waals surface area contributed by atoms with Crippen LogP contribution in [-0.4, -0.2) is 42.5 Å². The zero-order valence-corrected chi connectivity index (χ0v) is 16.6. The molecule has 1 saturated heterocycles. The summed E-state index contributed by atoms with van der Waals surface area (Å²) in [6.07, 6.45) is 0. The van der Waals surface area contributed by atoms with E-state index in [1.807, 2.05) is 0 Å². The average molecular weight is 434 g/mol. The maximum Gasteiger partial charge on any atom is 0.325 e. The van der Waals surface area contributed by atoms with Gasteiger partial charge in [0.25, 0.3) is 5.91 Å². The highest BCUT2D eigenvalue weighted by molar-refractivity contribution is 6.30. The molecule has 0 unspecified atom stereocenters. The van der Waals surface area contributed by atoms with Crippen LogP contribution < -0.4 is 20.1 Å². The highest BCUT2D eigenvalue weighted by Crippen LogP contribution is 2.36. The van der Waals surface area contributed by atoms with Crippen molar-refractivity contribution in [2.24, 2.45) is 0 Å². The maximum atomic E-state index is 13.9. The van der Waals surface area contributed by atoms with Crippen LogP contribution in [0.2, 0.25) is 5.02 Å². The molecule has 10 heteroatoms. The van der Waals surface area contributed by atoms with Crippen molar-refractivity contribution in [2.75, 3.05) is 25.1 Å². The number of hydrogen-bond donors (Lipinski definition) is 2. The molecule has 2 aliphatic heterocycles. The molecule has 0 bridgehead atoms. The lowest BCUT2D eigenvalue weighted by Crippen LogP contribution is -2.42.